The summed E-state index contributed by atoms with van der Waals surface area (Å²) in [7, 11) is 3.75. The lowest BCUT2D eigenvalue weighted by Crippen LogP contribution is -2.38. The molecule has 0 fully saturated rings. The molecule has 0 aliphatic carbocycles. The van der Waals surface area contributed by atoms with E-state index in [1.807, 2.05) is 17.9 Å². The Morgan fingerprint density at radius 3 is 2.74 bits per heavy atom. The molecule has 1 unspecified atom stereocenters. The van der Waals surface area contributed by atoms with Crippen molar-refractivity contribution >= 4 is 0 Å². The van der Waals surface area contributed by atoms with E-state index in [0.717, 1.165) is 26.1 Å². The Balaban J connectivity index is 2.49. The molecule has 1 heterocycles. The molecule has 0 radical (unpaired) electrons. The van der Waals surface area contributed by atoms with E-state index in [4.69, 9.17) is 4.74 Å². The van der Waals surface area contributed by atoms with Crippen molar-refractivity contribution in [3.05, 3.63) is 18.0 Å². The van der Waals surface area contributed by atoms with Crippen molar-refractivity contribution in [2.75, 3.05) is 26.8 Å². The highest BCUT2D eigenvalue weighted by atomic mass is 16.5. The average Bonchev–Trinajstić information content (AvgIpc) is 2.78. The average molecular weight is 267 g/mol. The largest absolute Gasteiger partial charge is 0.383 e. The minimum absolute atomic E-state index is 0.304. The fourth-order valence-corrected chi connectivity index (χ4v) is 2.19. The van der Waals surface area contributed by atoms with Gasteiger partial charge in [0, 0.05) is 39.1 Å². The van der Waals surface area contributed by atoms with Crippen molar-refractivity contribution < 1.29 is 4.74 Å². The second-order valence-corrected chi connectivity index (χ2v) is 5.92. The van der Waals surface area contributed by atoms with E-state index in [0.29, 0.717) is 11.3 Å². The summed E-state index contributed by atoms with van der Waals surface area (Å²) in [4.78, 5) is 0. The van der Waals surface area contributed by atoms with E-state index in [1.54, 1.807) is 7.11 Å². The summed E-state index contributed by atoms with van der Waals surface area (Å²) in [6.07, 6.45) is 4.13. The number of methoxy groups -OCH3 is 1. The highest BCUT2D eigenvalue weighted by molar-refractivity contribution is 5.01. The summed E-state index contributed by atoms with van der Waals surface area (Å²) in [6, 6.07) is 2.11. The zero-order chi connectivity index (χ0) is 14.3. The molecule has 0 aromatic carbocycles. The zero-order valence-corrected chi connectivity index (χ0v) is 13.1. The standard InChI is InChI=1S/C15H29N3O/c1-13(2)15(3,12-16-10-11-19-5)8-6-14-7-9-17-18(14)4/h7,9,13,16H,6,8,10-12H2,1-5H3. The molecule has 1 aromatic rings. The SMILES string of the molecule is COCCNCC(C)(CCc1ccnn1C)C(C)C. The van der Waals surface area contributed by atoms with Gasteiger partial charge in [0.2, 0.25) is 0 Å². The van der Waals surface area contributed by atoms with E-state index in [9.17, 15) is 0 Å². The lowest BCUT2D eigenvalue weighted by molar-refractivity contribution is 0.167. The Labute approximate surface area is 117 Å². The maximum atomic E-state index is 5.08. The first kappa shape index (κ1) is 16.2. The topological polar surface area (TPSA) is 39.1 Å². The molecular weight excluding hydrogens is 238 g/mol. The Morgan fingerprint density at radius 1 is 1.47 bits per heavy atom. The van der Waals surface area contributed by atoms with Gasteiger partial charge in [-0.2, -0.15) is 5.10 Å². The lowest BCUT2D eigenvalue weighted by Gasteiger charge is -2.34. The highest BCUT2D eigenvalue weighted by Gasteiger charge is 2.27. The molecule has 1 aromatic heterocycles. The van der Waals surface area contributed by atoms with Crippen molar-refractivity contribution in [2.24, 2.45) is 18.4 Å². The molecule has 0 bridgehead atoms. The number of aromatic nitrogens is 2. The van der Waals surface area contributed by atoms with Crippen molar-refractivity contribution in [2.45, 2.75) is 33.6 Å². The van der Waals surface area contributed by atoms with Gasteiger partial charge < -0.3 is 10.1 Å². The minimum Gasteiger partial charge on any atom is -0.383 e. The first-order valence-electron chi connectivity index (χ1n) is 7.16. The Hall–Kier alpha value is -0.870. The highest BCUT2D eigenvalue weighted by Crippen LogP contribution is 2.31. The first-order valence-corrected chi connectivity index (χ1v) is 7.16. The van der Waals surface area contributed by atoms with Gasteiger partial charge in [0.25, 0.3) is 0 Å². The second-order valence-electron chi connectivity index (χ2n) is 5.92. The predicted octanol–water partition coefficient (Wildman–Crippen LogP) is 2.25. The Bertz CT molecular complexity index is 362. The molecule has 19 heavy (non-hydrogen) atoms. The number of ether oxygens (including phenoxy) is 1. The molecule has 4 nitrogen and oxygen atoms in total. The second kappa shape index (κ2) is 7.65. The maximum absolute atomic E-state index is 5.08. The zero-order valence-electron chi connectivity index (χ0n) is 13.1. The predicted molar refractivity (Wildman–Crippen MR) is 79.2 cm³/mol. The quantitative estimate of drug-likeness (QED) is 0.698. The number of hydrogen-bond donors (Lipinski definition) is 1. The first-order chi connectivity index (χ1) is 8.99. The number of rotatable bonds is 9. The van der Waals surface area contributed by atoms with E-state index in [-0.39, 0.29) is 0 Å². The van der Waals surface area contributed by atoms with E-state index >= 15 is 0 Å². The van der Waals surface area contributed by atoms with Crippen LogP contribution in [0.1, 0.15) is 32.9 Å². The minimum atomic E-state index is 0.304. The van der Waals surface area contributed by atoms with Gasteiger partial charge in [-0.25, -0.2) is 0 Å². The summed E-state index contributed by atoms with van der Waals surface area (Å²) in [5.74, 6) is 0.649. The van der Waals surface area contributed by atoms with Crippen molar-refractivity contribution in [3.63, 3.8) is 0 Å². The normalized spacial score (nSPS) is 14.8. The molecule has 4 heteroatoms. The van der Waals surface area contributed by atoms with Gasteiger partial charge in [-0.1, -0.05) is 20.8 Å². The Kier molecular flexibility index (Phi) is 6.52. The number of aryl methyl sites for hydroxylation is 2. The van der Waals surface area contributed by atoms with Crippen LogP contribution in [0.3, 0.4) is 0 Å². The molecule has 1 atom stereocenters. The van der Waals surface area contributed by atoms with Crippen molar-refractivity contribution in [1.29, 1.82) is 0 Å². The Morgan fingerprint density at radius 2 is 2.21 bits per heavy atom. The van der Waals surface area contributed by atoms with Crippen LogP contribution < -0.4 is 5.32 Å². The molecule has 110 valence electrons. The fourth-order valence-electron chi connectivity index (χ4n) is 2.19. The fraction of sp³-hybridized carbons (Fsp3) is 0.800. The number of nitrogens with one attached hydrogen (secondary N) is 1. The third-order valence-corrected chi connectivity index (χ3v) is 4.28. The van der Waals surface area contributed by atoms with E-state index < -0.39 is 0 Å². The summed E-state index contributed by atoms with van der Waals surface area (Å²) < 4.78 is 7.05. The van der Waals surface area contributed by atoms with Gasteiger partial charge in [-0.15, -0.1) is 0 Å². The summed E-state index contributed by atoms with van der Waals surface area (Å²) in [5.41, 5.74) is 1.61. The summed E-state index contributed by atoms with van der Waals surface area (Å²) in [6.45, 7) is 9.71. The van der Waals surface area contributed by atoms with Crippen LogP contribution in [0.15, 0.2) is 12.3 Å². The molecule has 0 aliphatic rings. The van der Waals surface area contributed by atoms with Crippen LogP contribution in [0.5, 0.6) is 0 Å². The number of nitrogens with zero attached hydrogens (tertiary/aromatic N) is 2. The van der Waals surface area contributed by atoms with Gasteiger partial charge in [0.15, 0.2) is 0 Å². The van der Waals surface area contributed by atoms with E-state index in [1.165, 1.54) is 12.1 Å². The molecule has 0 aliphatic heterocycles. The van der Waals surface area contributed by atoms with Gasteiger partial charge >= 0.3 is 0 Å². The van der Waals surface area contributed by atoms with E-state index in [2.05, 4.69) is 37.3 Å². The molecule has 0 spiro atoms. The number of hydrogen-bond acceptors (Lipinski definition) is 3. The van der Waals surface area contributed by atoms with Gasteiger partial charge in [-0.3, -0.25) is 4.68 Å². The molecule has 1 rings (SSSR count). The monoisotopic (exact) mass is 267 g/mol. The lowest BCUT2D eigenvalue weighted by atomic mass is 9.75. The van der Waals surface area contributed by atoms with Crippen LogP contribution in [-0.4, -0.2) is 36.6 Å². The molecular formula is C15H29N3O. The van der Waals surface area contributed by atoms with Crippen LogP contribution in [0.25, 0.3) is 0 Å². The van der Waals surface area contributed by atoms with Crippen molar-refractivity contribution in [1.82, 2.24) is 15.1 Å². The van der Waals surface area contributed by atoms with Crippen LogP contribution in [0, 0.1) is 11.3 Å². The molecule has 0 saturated carbocycles. The third kappa shape index (κ3) is 4.96. The van der Waals surface area contributed by atoms with Crippen LogP contribution >= 0.6 is 0 Å². The molecule has 0 amide bonds. The van der Waals surface area contributed by atoms with Gasteiger partial charge in [0.05, 0.1) is 6.61 Å². The maximum Gasteiger partial charge on any atom is 0.0587 e. The smallest absolute Gasteiger partial charge is 0.0587 e. The van der Waals surface area contributed by atoms with Crippen LogP contribution in [0.2, 0.25) is 0 Å². The van der Waals surface area contributed by atoms with Gasteiger partial charge in [-0.05, 0) is 30.2 Å². The molecule has 0 saturated heterocycles. The summed E-state index contributed by atoms with van der Waals surface area (Å²) in [5, 5.41) is 7.74. The van der Waals surface area contributed by atoms with Crippen molar-refractivity contribution in [3.8, 4) is 0 Å². The van der Waals surface area contributed by atoms with Gasteiger partial charge in [0.1, 0.15) is 0 Å². The third-order valence-electron chi connectivity index (χ3n) is 4.28. The van der Waals surface area contributed by atoms with Crippen LogP contribution in [0.4, 0.5) is 0 Å². The molecule has 1 N–H and O–H groups in total. The summed E-state index contributed by atoms with van der Waals surface area (Å²) >= 11 is 0. The van der Waals surface area contributed by atoms with Crippen LogP contribution in [-0.2, 0) is 18.2 Å².